The van der Waals surface area contributed by atoms with E-state index in [1.54, 1.807) is 25.1 Å². The van der Waals surface area contributed by atoms with E-state index in [1.807, 2.05) is 0 Å². The average Bonchev–Trinajstić information content (AvgIpc) is 2.75. The van der Waals surface area contributed by atoms with Crippen molar-refractivity contribution in [1.29, 1.82) is 0 Å². The van der Waals surface area contributed by atoms with Crippen LogP contribution in [0, 0.1) is 0 Å². The monoisotopic (exact) mass is 239 g/mol. The third kappa shape index (κ3) is 2.02. The molecule has 2 rings (SSSR count). The second-order valence-corrected chi connectivity index (χ2v) is 3.63. The number of aromatic nitrogens is 1. The largest absolute Gasteiger partial charge is 0.465 e. The summed E-state index contributed by atoms with van der Waals surface area (Å²) in [5.74, 6) is -0.456. The molecule has 0 fully saturated rings. The Balaban J connectivity index is 2.28. The van der Waals surface area contributed by atoms with Crippen molar-refractivity contribution in [2.75, 3.05) is 6.61 Å². The predicted octanol–water partition coefficient (Wildman–Crippen LogP) is 2.67. The Morgan fingerprint density at radius 3 is 3.19 bits per heavy atom. The molecule has 1 heterocycles. The predicted molar refractivity (Wildman–Crippen MR) is 59.2 cm³/mol. The number of carbonyl (C=O) groups excluding carboxylic acids is 1. The molecule has 0 N–H and O–H groups in total. The number of halogens is 1. The molecular formula is C11H10ClNO3. The lowest BCUT2D eigenvalue weighted by atomic mass is 10.1. The van der Waals surface area contributed by atoms with E-state index in [9.17, 15) is 4.79 Å². The molecule has 0 bridgehead atoms. The maximum atomic E-state index is 11.4. The van der Waals surface area contributed by atoms with Crippen molar-refractivity contribution in [2.45, 2.75) is 12.3 Å². The molecule has 0 amide bonds. The van der Waals surface area contributed by atoms with Gasteiger partial charge >= 0.3 is 5.97 Å². The normalized spacial score (nSPS) is 12.6. The summed E-state index contributed by atoms with van der Waals surface area (Å²) >= 11 is 5.97. The van der Waals surface area contributed by atoms with Gasteiger partial charge in [-0.05, 0) is 24.6 Å². The van der Waals surface area contributed by atoms with E-state index in [1.165, 1.54) is 6.39 Å². The van der Waals surface area contributed by atoms with Crippen LogP contribution in [0.25, 0.3) is 11.1 Å². The molecule has 16 heavy (non-hydrogen) atoms. The van der Waals surface area contributed by atoms with Crippen LogP contribution < -0.4 is 0 Å². The van der Waals surface area contributed by atoms with Crippen molar-refractivity contribution >= 4 is 28.7 Å². The average molecular weight is 240 g/mol. The maximum absolute atomic E-state index is 11.4. The molecule has 2 aromatic rings. The molecule has 0 radical (unpaired) electrons. The standard InChI is InChI=1S/C11H10ClNO3/c1-2-15-11(14)10(12)7-3-4-8-9(5-7)16-6-13-8/h3-6,10H,2H2,1H3. The van der Waals surface area contributed by atoms with Gasteiger partial charge in [0, 0.05) is 0 Å². The molecule has 0 saturated carbocycles. The van der Waals surface area contributed by atoms with Crippen molar-refractivity contribution in [2.24, 2.45) is 0 Å². The summed E-state index contributed by atoms with van der Waals surface area (Å²) in [6, 6.07) is 5.18. The minimum atomic E-state index is -0.811. The molecule has 1 unspecified atom stereocenters. The van der Waals surface area contributed by atoms with E-state index in [4.69, 9.17) is 20.8 Å². The van der Waals surface area contributed by atoms with Gasteiger partial charge in [-0.15, -0.1) is 11.6 Å². The highest BCUT2D eigenvalue weighted by Crippen LogP contribution is 2.25. The topological polar surface area (TPSA) is 52.3 Å². The SMILES string of the molecule is CCOC(=O)C(Cl)c1ccc2ncoc2c1. The first-order valence-electron chi connectivity index (χ1n) is 4.86. The fraction of sp³-hybridized carbons (Fsp3) is 0.273. The fourth-order valence-electron chi connectivity index (χ4n) is 1.38. The summed E-state index contributed by atoms with van der Waals surface area (Å²) in [6.45, 7) is 2.05. The highest BCUT2D eigenvalue weighted by molar-refractivity contribution is 6.30. The lowest BCUT2D eigenvalue weighted by Crippen LogP contribution is -2.10. The van der Waals surface area contributed by atoms with Gasteiger partial charge in [0.15, 0.2) is 17.4 Å². The molecule has 5 heteroatoms. The molecule has 1 aromatic carbocycles. The Kier molecular flexibility index (Phi) is 3.10. The van der Waals surface area contributed by atoms with Crippen LogP contribution in [0.15, 0.2) is 29.0 Å². The third-order valence-electron chi connectivity index (χ3n) is 2.14. The molecular weight excluding hydrogens is 230 g/mol. The van der Waals surface area contributed by atoms with E-state index < -0.39 is 11.3 Å². The summed E-state index contributed by atoms with van der Waals surface area (Å²) in [5.41, 5.74) is 1.98. The van der Waals surface area contributed by atoms with Crippen LogP contribution in [0.1, 0.15) is 17.9 Å². The molecule has 0 aliphatic heterocycles. The van der Waals surface area contributed by atoms with Gasteiger partial charge in [-0.1, -0.05) is 6.07 Å². The number of esters is 1. The number of ether oxygens (including phenoxy) is 1. The number of oxazole rings is 1. The molecule has 1 aromatic heterocycles. The van der Waals surface area contributed by atoms with Gasteiger partial charge in [0.05, 0.1) is 6.61 Å². The van der Waals surface area contributed by atoms with E-state index >= 15 is 0 Å². The van der Waals surface area contributed by atoms with Crippen LogP contribution in [-0.2, 0) is 9.53 Å². The number of hydrogen-bond donors (Lipinski definition) is 0. The molecule has 4 nitrogen and oxygen atoms in total. The third-order valence-corrected chi connectivity index (χ3v) is 2.57. The summed E-state index contributed by atoms with van der Waals surface area (Å²) < 4.78 is 9.96. The van der Waals surface area contributed by atoms with Crippen molar-refractivity contribution in [3.8, 4) is 0 Å². The van der Waals surface area contributed by atoms with E-state index in [0.717, 1.165) is 5.52 Å². The van der Waals surface area contributed by atoms with E-state index in [-0.39, 0.29) is 0 Å². The molecule has 0 spiro atoms. The Morgan fingerprint density at radius 1 is 1.62 bits per heavy atom. The quantitative estimate of drug-likeness (QED) is 0.610. The maximum Gasteiger partial charge on any atom is 0.328 e. The van der Waals surface area contributed by atoms with Crippen molar-refractivity contribution in [3.63, 3.8) is 0 Å². The molecule has 0 aliphatic rings. The van der Waals surface area contributed by atoms with Gasteiger partial charge in [-0.3, -0.25) is 4.79 Å². The van der Waals surface area contributed by atoms with Gasteiger partial charge in [0.2, 0.25) is 0 Å². The molecule has 0 aliphatic carbocycles. The molecule has 0 saturated heterocycles. The highest BCUT2D eigenvalue weighted by Gasteiger charge is 2.19. The Labute approximate surface area is 97.2 Å². The Bertz CT molecular complexity index is 509. The fourth-order valence-corrected chi connectivity index (χ4v) is 1.58. The van der Waals surface area contributed by atoms with Crippen LogP contribution in [0.5, 0.6) is 0 Å². The van der Waals surface area contributed by atoms with Gasteiger partial charge in [-0.2, -0.15) is 0 Å². The number of carbonyl (C=O) groups is 1. The van der Waals surface area contributed by atoms with Crippen LogP contribution in [0.4, 0.5) is 0 Å². The minimum absolute atomic E-state index is 0.312. The lowest BCUT2D eigenvalue weighted by molar-refractivity contribution is -0.142. The zero-order chi connectivity index (χ0) is 11.5. The first kappa shape index (κ1) is 11.0. The number of fused-ring (bicyclic) bond motifs is 1. The van der Waals surface area contributed by atoms with E-state index in [2.05, 4.69) is 4.98 Å². The molecule has 84 valence electrons. The smallest absolute Gasteiger partial charge is 0.328 e. The first-order valence-corrected chi connectivity index (χ1v) is 5.30. The zero-order valence-corrected chi connectivity index (χ0v) is 9.40. The Hall–Kier alpha value is -1.55. The number of alkyl halides is 1. The number of hydrogen-bond acceptors (Lipinski definition) is 4. The lowest BCUT2D eigenvalue weighted by Gasteiger charge is -2.08. The summed E-state index contributed by atoms with van der Waals surface area (Å²) in [7, 11) is 0. The first-order chi connectivity index (χ1) is 7.72. The zero-order valence-electron chi connectivity index (χ0n) is 8.64. The van der Waals surface area contributed by atoms with Gasteiger partial charge in [0.25, 0.3) is 0 Å². The van der Waals surface area contributed by atoms with Crippen LogP contribution in [-0.4, -0.2) is 17.6 Å². The summed E-state index contributed by atoms with van der Waals surface area (Å²) in [6.07, 6.45) is 1.35. The summed E-state index contributed by atoms with van der Waals surface area (Å²) in [4.78, 5) is 15.4. The van der Waals surface area contributed by atoms with Gasteiger partial charge < -0.3 is 9.15 Å². The van der Waals surface area contributed by atoms with Crippen molar-refractivity contribution in [1.82, 2.24) is 4.98 Å². The van der Waals surface area contributed by atoms with E-state index in [0.29, 0.717) is 17.8 Å². The highest BCUT2D eigenvalue weighted by atomic mass is 35.5. The second kappa shape index (κ2) is 4.53. The Morgan fingerprint density at radius 2 is 2.44 bits per heavy atom. The number of nitrogens with zero attached hydrogens (tertiary/aromatic N) is 1. The number of rotatable bonds is 3. The van der Waals surface area contributed by atoms with Crippen LogP contribution in [0.2, 0.25) is 0 Å². The van der Waals surface area contributed by atoms with Gasteiger partial charge in [-0.25, -0.2) is 4.98 Å². The summed E-state index contributed by atoms with van der Waals surface area (Å²) in [5, 5.41) is -0.811. The molecule has 1 atom stereocenters. The van der Waals surface area contributed by atoms with Crippen LogP contribution >= 0.6 is 11.6 Å². The van der Waals surface area contributed by atoms with Crippen molar-refractivity contribution < 1.29 is 13.9 Å². The van der Waals surface area contributed by atoms with Crippen molar-refractivity contribution in [3.05, 3.63) is 30.2 Å². The van der Waals surface area contributed by atoms with Crippen LogP contribution in [0.3, 0.4) is 0 Å². The second-order valence-electron chi connectivity index (χ2n) is 3.19. The number of benzene rings is 1. The van der Waals surface area contributed by atoms with Gasteiger partial charge in [0.1, 0.15) is 5.52 Å². The minimum Gasteiger partial charge on any atom is -0.465 e.